The van der Waals surface area contributed by atoms with Gasteiger partial charge in [-0.15, -0.1) is 0 Å². The van der Waals surface area contributed by atoms with Crippen molar-refractivity contribution in [2.75, 3.05) is 26.6 Å². The van der Waals surface area contributed by atoms with E-state index in [0.717, 1.165) is 41.5 Å². The number of rotatable bonds is 10. The largest absolute Gasteiger partial charge is 0.493 e. The highest BCUT2D eigenvalue weighted by atomic mass is 16.5. The maximum Gasteiger partial charge on any atom is 0.217 e. The molecule has 0 saturated carbocycles. The summed E-state index contributed by atoms with van der Waals surface area (Å²) in [6, 6.07) is 7.26. The normalized spacial score (nSPS) is 15.2. The zero-order valence-corrected chi connectivity index (χ0v) is 21.7. The fourth-order valence-corrected chi connectivity index (χ4v) is 4.87. The Morgan fingerprint density at radius 2 is 1.83 bits per heavy atom. The number of unbranched alkanes of at least 4 members (excludes halogenated alkanes) is 2. The summed E-state index contributed by atoms with van der Waals surface area (Å²) in [7, 11) is 4.77. The van der Waals surface area contributed by atoms with E-state index in [-0.39, 0.29) is 23.4 Å². The second-order valence-electron chi connectivity index (χ2n) is 9.14. The van der Waals surface area contributed by atoms with Gasteiger partial charge in [0.25, 0.3) is 0 Å². The highest BCUT2D eigenvalue weighted by Crippen LogP contribution is 2.50. The highest BCUT2D eigenvalue weighted by molar-refractivity contribution is 5.83. The summed E-state index contributed by atoms with van der Waals surface area (Å²) in [6.45, 7) is 5.78. The van der Waals surface area contributed by atoms with Crippen LogP contribution in [0.15, 0.2) is 29.1 Å². The van der Waals surface area contributed by atoms with Gasteiger partial charge in [0.15, 0.2) is 11.5 Å². The third-order valence-electron chi connectivity index (χ3n) is 6.56. The molecule has 2 aromatic rings. The van der Waals surface area contributed by atoms with E-state index < -0.39 is 0 Å². The molecular formula is C28H38N2O5. The van der Waals surface area contributed by atoms with Crippen LogP contribution in [0.3, 0.4) is 0 Å². The molecule has 190 valence electrons. The fraction of sp³-hybridized carbons (Fsp3) is 0.500. The Morgan fingerprint density at radius 1 is 1.09 bits per heavy atom. The van der Waals surface area contributed by atoms with E-state index in [4.69, 9.17) is 14.2 Å². The number of amides is 1. The lowest BCUT2D eigenvalue weighted by Gasteiger charge is -2.19. The summed E-state index contributed by atoms with van der Waals surface area (Å²) < 4.78 is 17.0. The Balaban J connectivity index is 2.21. The van der Waals surface area contributed by atoms with E-state index in [2.05, 4.69) is 24.5 Å². The number of methoxy groups -OCH3 is 3. The molecule has 7 heteroatoms. The SMILES string of the molecule is CCCCCC(C)Nc1ccc2c(cc1=O)[C@@H](NC(C)=O)CCc1cc(OC)c(OC)c(OC)c1-2. The third kappa shape index (κ3) is 5.89. The summed E-state index contributed by atoms with van der Waals surface area (Å²) in [5, 5.41) is 6.44. The highest BCUT2D eigenvalue weighted by Gasteiger charge is 2.29. The Hall–Kier alpha value is -3.22. The number of ether oxygens (including phenoxy) is 3. The minimum atomic E-state index is -0.313. The number of nitrogens with one attached hydrogen (secondary N) is 2. The fourth-order valence-electron chi connectivity index (χ4n) is 4.87. The lowest BCUT2D eigenvalue weighted by Crippen LogP contribution is -2.26. The molecule has 3 rings (SSSR count). The van der Waals surface area contributed by atoms with Crippen molar-refractivity contribution >= 4 is 11.6 Å². The van der Waals surface area contributed by atoms with E-state index in [1.165, 1.54) is 13.3 Å². The van der Waals surface area contributed by atoms with Crippen LogP contribution in [-0.4, -0.2) is 33.3 Å². The first-order valence-corrected chi connectivity index (χ1v) is 12.4. The molecule has 0 heterocycles. The predicted molar refractivity (Wildman–Crippen MR) is 140 cm³/mol. The van der Waals surface area contributed by atoms with Gasteiger partial charge in [-0.1, -0.05) is 32.3 Å². The zero-order valence-electron chi connectivity index (χ0n) is 21.7. The number of aryl methyl sites for hydroxylation is 1. The molecule has 1 aliphatic carbocycles. The Bertz CT molecular complexity index is 1120. The van der Waals surface area contributed by atoms with Crippen LogP contribution < -0.4 is 30.3 Å². The van der Waals surface area contributed by atoms with E-state index in [1.54, 1.807) is 27.4 Å². The first-order chi connectivity index (χ1) is 16.8. The van der Waals surface area contributed by atoms with E-state index in [9.17, 15) is 9.59 Å². The summed E-state index contributed by atoms with van der Waals surface area (Å²) in [5.74, 6) is 1.48. The van der Waals surface area contributed by atoms with E-state index >= 15 is 0 Å². The van der Waals surface area contributed by atoms with Gasteiger partial charge >= 0.3 is 0 Å². The monoisotopic (exact) mass is 482 g/mol. The molecule has 1 aliphatic rings. The van der Waals surface area contributed by atoms with Gasteiger partial charge in [0.05, 0.1) is 33.1 Å². The van der Waals surface area contributed by atoms with Crippen LogP contribution in [0.4, 0.5) is 5.69 Å². The van der Waals surface area contributed by atoms with Crippen LogP contribution in [0.2, 0.25) is 0 Å². The van der Waals surface area contributed by atoms with Crippen molar-refractivity contribution in [3.8, 4) is 28.4 Å². The molecule has 0 aliphatic heterocycles. The molecule has 0 radical (unpaired) electrons. The molecule has 0 spiro atoms. The lowest BCUT2D eigenvalue weighted by atomic mass is 9.95. The van der Waals surface area contributed by atoms with Crippen LogP contribution in [0.25, 0.3) is 11.1 Å². The summed E-state index contributed by atoms with van der Waals surface area (Å²) in [6.07, 6.45) is 5.75. The predicted octanol–water partition coefficient (Wildman–Crippen LogP) is 5.24. The maximum absolute atomic E-state index is 13.3. The molecule has 0 bridgehead atoms. The van der Waals surface area contributed by atoms with Crippen LogP contribution in [0, 0.1) is 0 Å². The molecule has 1 amide bonds. The molecule has 2 atom stereocenters. The van der Waals surface area contributed by atoms with Crippen molar-refractivity contribution in [3.05, 3.63) is 45.6 Å². The molecule has 35 heavy (non-hydrogen) atoms. The van der Waals surface area contributed by atoms with E-state index in [1.807, 2.05) is 18.2 Å². The van der Waals surface area contributed by atoms with Crippen molar-refractivity contribution in [1.29, 1.82) is 0 Å². The number of hydrogen-bond donors (Lipinski definition) is 2. The Labute approximate surface area is 208 Å². The van der Waals surface area contributed by atoms with E-state index in [0.29, 0.717) is 35.8 Å². The van der Waals surface area contributed by atoms with Crippen LogP contribution in [0.5, 0.6) is 17.2 Å². The van der Waals surface area contributed by atoms with Gasteiger partial charge in [0.1, 0.15) is 0 Å². The number of hydrogen-bond acceptors (Lipinski definition) is 6. The van der Waals surface area contributed by atoms with Crippen LogP contribution in [0.1, 0.15) is 70.0 Å². The number of carbonyl (C=O) groups is 1. The Kier molecular flexibility index (Phi) is 9.01. The molecular weight excluding hydrogens is 444 g/mol. The topological polar surface area (TPSA) is 85.9 Å². The Morgan fingerprint density at radius 3 is 2.46 bits per heavy atom. The van der Waals surface area contributed by atoms with Gasteiger partial charge in [-0.05, 0) is 61.1 Å². The van der Waals surface area contributed by atoms with Gasteiger partial charge in [0.2, 0.25) is 17.1 Å². The lowest BCUT2D eigenvalue weighted by molar-refractivity contribution is -0.119. The van der Waals surface area contributed by atoms with Gasteiger partial charge in [-0.2, -0.15) is 0 Å². The molecule has 7 nitrogen and oxygen atoms in total. The second kappa shape index (κ2) is 12.0. The maximum atomic E-state index is 13.3. The first-order valence-electron chi connectivity index (χ1n) is 12.4. The van der Waals surface area contributed by atoms with Crippen LogP contribution >= 0.6 is 0 Å². The van der Waals surface area contributed by atoms with Gasteiger partial charge < -0.3 is 24.8 Å². The number of fused-ring (bicyclic) bond motifs is 3. The summed E-state index contributed by atoms with van der Waals surface area (Å²) >= 11 is 0. The smallest absolute Gasteiger partial charge is 0.217 e. The summed E-state index contributed by atoms with van der Waals surface area (Å²) in [5.41, 5.74) is 3.90. The van der Waals surface area contributed by atoms with Crippen molar-refractivity contribution in [3.63, 3.8) is 0 Å². The van der Waals surface area contributed by atoms with Crippen molar-refractivity contribution in [2.24, 2.45) is 0 Å². The quantitative estimate of drug-likeness (QED) is 0.450. The number of benzene rings is 1. The molecule has 0 aromatic heterocycles. The average Bonchev–Trinajstić information content (AvgIpc) is 3.07. The van der Waals surface area contributed by atoms with Gasteiger partial charge in [-0.25, -0.2) is 0 Å². The minimum Gasteiger partial charge on any atom is -0.493 e. The van der Waals surface area contributed by atoms with Crippen molar-refractivity contribution < 1.29 is 19.0 Å². The minimum absolute atomic E-state index is 0.105. The van der Waals surface area contributed by atoms with Crippen molar-refractivity contribution in [1.82, 2.24) is 5.32 Å². The molecule has 0 saturated heterocycles. The van der Waals surface area contributed by atoms with Crippen molar-refractivity contribution in [2.45, 2.75) is 71.4 Å². The third-order valence-corrected chi connectivity index (χ3v) is 6.56. The standard InChI is InChI=1S/C28H38N2O5/c1-7-8-9-10-17(2)29-23-14-12-20-21(16-24(23)32)22(30-18(3)31)13-11-19-15-25(33-4)27(34-5)28(35-6)26(19)20/h12,14-17,22H,7-11,13H2,1-6H3,(H,29,32)(H,30,31)/t17?,22-/m0/s1. The second-order valence-corrected chi connectivity index (χ2v) is 9.14. The van der Waals surface area contributed by atoms with Gasteiger partial charge in [0, 0.05) is 18.5 Å². The first kappa shape index (κ1) is 26.4. The van der Waals surface area contributed by atoms with Gasteiger partial charge in [-0.3, -0.25) is 9.59 Å². The molecule has 2 N–H and O–H groups in total. The molecule has 2 aromatic carbocycles. The molecule has 1 unspecified atom stereocenters. The van der Waals surface area contributed by atoms with Crippen LogP contribution in [-0.2, 0) is 11.2 Å². The molecule has 0 fully saturated rings. The zero-order chi connectivity index (χ0) is 25.5. The number of carbonyl (C=O) groups excluding carboxylic acids is 1. The average molecular weight is 483 g/mol. The summed E-state index contributed by atoms with van der Waals surface area (Å²) in [4.78, 5) is 25.4. The number of anilines is 1.